The van der Waals surface area contributed by atoms with Crippen molar-refractivity contribution >= 4 is 22.8 Å². The highest BCUT2D eigenvalue weighted by atomic mass is 15.5. The second-order valence-corrected chi connectivity index (χ2v) is 6.53. The lowest BCUT2D eigenvalue weighted by Gasteiger charge is -2.16. The predicted molar refractivity (Wildman–Crippen MR) is 106 cm³/mol. The first-order valence-electron chi connectivity index (χ1n) is 8.85. The monoisotopic (exact) mass is 340 g/mol. The molecule has 0 atom stereocenters. The lowest BCUT2D eigenvalue weighted by Crippen LogP contribution is -2.26. The zero-order valence-electron chi connectivity index (χ0n) is 14.5. The molecule has 3 aromatic carbocycles. The smallest absolute Gasteiger partial charge is 0.104 e. The predicted octanol–water partition coefficient (Wildman–Crippen LogP) is 4.17. The summed E-state index contributed by atoms with van der Waals surface area (Å²) in [6, 6.07) is 23.1. The molecule has 0 fully saturated rings. The quantitative estimate of drug-likeness (QED) is 0.758. The molecule has 0 saturated heterocycles. The van der Waals surface area contributed by atoms with Gasteiger partial charge in [-0.3, -0.25) is 15.4 Å². The molecule has 3 aromatic rings. The maximum absolute atomic E-state index is 9.00. The number of rotatable bonds is 5. The Hall–Kier alpha value is -3.32. The van der Waals surface area contributed by atoms with E-state index in [2.05, 4.69) is 59.0 Å². The Bertz CT molecular complexity index is 983. The van der Waals surface area contributed by atoms with Crippen molar-refractivity contribution in [1.82, 2.24) is 5.01 Å². The molecule has 26 heavy (non-hydrogen) atoms. The van der Waals surface area contributed by atoms with Crippen LogP contribution in [0.4, 0.5) is 5.69 Å². The summed E-state index contributed by atoms with van der Waals surface area (Å²) in [4.78, 5) is 4.20. The Morgan fingerprint density at radius 3 is 2.42 bits per heavy atom. The third kappa shape index (κ3) is 3.68. The minimum atomic E-state index is 0.708. The fourth-order valence-electron chi connectivity index (χ4n) is 3.18. The number of nitriles is 1. The molecule has 1 heterocycles. The van der Waals surface area contributed by atoms with Gasteiger partial charge in [0.05, 0.1) is 30.4 Å². The lowest BCUT2D eigenvalue weighted by atomic mass is 10.00. The number of anilines is 1. The van der Waals surface area contributed by atoms with Gasteiger partial charge in [0.25, 0.3) is 0 Å². The molecule has 1 N–H and O–H groups in total. The van der Waals surface area contributed by atoms with E-state index in [1.807, 2.05) is 29.5 Å². The minimum Gasteiger partial charge on any atom is -0.297 e. The normalized spacial score (nSPS) is 13.1. The summed E-state index contributed by atoms with van der Waals surface area (Å²) >= 11 is 0. The second-order valence-electron chi connectivity index (χ2n) is 6.53. The van der Waals surface area contributed by atoms with Crippen LogP contribution in [0.25, 0.3) is 10.8 Å². The largest absolute Gasteiger partial charge is 0.297 e. The topological polar surface area (TPSA) is 51.4 Å². The SMILES string of the molecule is N#Cc1ccc2cc(CCc3ccc(NN4C=NCC4)cc3)ccc2c1. The first-order valence-corrected chi connectivity index (χ1v) is 8.85. The molecular formula is C22H20N4. The highest BCUT2D eigenvalue weighted by molar-refractivity contribution is 5.84. The van der Waals surface area contributed by atoms with Crippen LogP contribution in [-0.2, 0) is 12.8 Å². The Morgan fingerprint density at radius 1 is 0.923 bits per heavy atom. The van der Waals surface area contributed by atoms with Crippen LogP contribution in [0.2, 0.25) is 0 Å². The third-order valence-corrected chi connectivity index (χ3v) is 4.65. The zero-order chi connectivity index (χ0) is 17.8. The highest BCUT2D eigenvalue weighted by Gasteiger charge is 2.05. The van der Waals surface area contributed by atoms with E-state index < -0.39 is 0 Å². The summed E-state index contributed by atoms with van der Waals surface area (Å²) in [5, 5.41) is 13.3. The maximum Gasteiger partial charge on any atom is 0.104 e. The molecule has 0 saturated carbocycles. The standard InChI is InChI=1S/C22H20N4/c23-15-19-4-8-20-13-18(3-7-21(20)14-19)2-1-17-5-9-22(10-6-17)25-26-12-11-24-16-26/h3-10,13-14,16,25H,1-2,11-12H2. The summed E-state index contributed by atoms with van der Waals surface area (Å²) in [7, 11) is 0. The summed E-state index contributed by atoms with van der Waals surface area (Å²) in [6.07, 6.45) is 3.85. The van der Waals surface area contributed by atoms with Crippen LogP contribution in [0.1, 0.15) is 16.7 Å². The average molecular weight is 340 g/mol. The number of aliphatic imine (C=N–C) groups is 1. The molecule has 4 nitrogen and oxygen atoms in total. The highest BCUT2D eigenvalue weighted by Crippen LogP contribution is 2.19. The van der Waals surface area contributed by atoms with Crippen LogP contribution in [0.15, 0.2) is 65.7 Å². The van der Waals surface area contributed by atoms with E-state index in [9.17, 15) is 0 Å². The van der Waals surface area contributed by atoms with Crippen molar-refractivity contribution in [3.63, 3.8) is 0 Å². The molecule has 4 heteroatoms. The summed E-state index contributed by atoms with van der Waals surface area (Å²) in [6.45, 7) is 1.77. The van der Waals surface area contributed by atoms with Crippen molar-refractivity contribution in [1.29, 1.82) is 5.26 Å². The van der Waals surface area contributed by atoms with Gasteiger partial charge in [-0.05, 0) is 59.0 Å². The maximum atomic E-state index is 9.00. The summed E-state index contributed by atoms with van der Waals surface area (Å²) < 4.78 is 0. The van der Waals surface area contributed by atoms with Gasteiger partial charge in [0, 0.05) is 0 Å². The van der Waals surface area contributed by atoms with Gasteiger partial charge in [0.2, 0.25) is 0 Å². The molecular weight excluding hydrogens is 320 g/mol. The Kier molecular flexibility index (Phi) is 4.53. The fourth-order valence-corrected chi connectivity index (χ4v) is 3.18. The molecule has 0 unspecified atom stereocenters. The van der Waals surface area contributed by atoms with E-state index in [0.29, 0.717) is 5.56 Å². The molecule has 1 aliphatic heterocycles. The number of nitrogens with zero attached hydrogens (tertiary/aromatic N) is 3. The van der Waals surface area contributed by atoms with E-state index >= 15 is 0 Å². The summed E-state index contributed by atoms with van der Waals surface area (Å²) in [5.41, 5.74) is 7.77. The molecule has 1 aliphatic rings. The van der Waals surface area contributed by atoms with Crippen molar-refractivity contribution in [2.75, 3.05) is 18.5 Å². The van der Waals surface area contributed by atoms with Crippen molar-refractivity contribution in [2.24, 2.45) is 4.99 Å². The third-order valence-electron chi connectivity index (χ3n) is 4.65. The van der Waals surface area contributed by atoms with E-state index in [0.717, 1.165) is 37.0 Å². The van der Waals surface area contributed by atoms with Crippen LogP contribution in [0, 0.1) is 11.3 Å². The number of nitrogens with one attached hydrogen (secondary N) is 1. The minimum absolute atomic E-state index is 0.708. The Balaban J connectivity index is 1.39. The van der Waals surface area contributed by atoms with E-state index in [1.165, 1.54) is 16.5 Å². The number of fused-ring (bicyclic) bond motifs is 1. The molecule has 0 spiro atoms. The van der Waals surface area contributed by atoms with E-state index in [1.54, 1.807) is 0 Å². The lowest BCUT2D eigenvalue weighted by molar-refractivity contribution is 0.557. The van der Waals surface area contributed by atoms with Crippen LogP contribution in [-0.4, -0.2) is 24.4 Å². The van der Waals surface area contributed by atoms with Crippen LogP contribution in [0.3, 0.4) is 0 Å². The van der Waals surface area contributed by atoms with Gasteiger partial charge >= 0.3 is 0 Å². The van der Waals surface area contributed by atoms with Crippen molar-refractivity contribution in [2.45, 2.75) is 12.8 Å². The molecule has 0 aromatic heterocycles. The Morgan fingerprint density at radius 2 is 1.65 bits per heavy atom. The zero-order valence-corrected chi connectivity index (χ0v) is 14.5. The molecule has 0 bridgehead atoms. The molecule has 0 aliphatic carbocycles. The van der Waals surface area contributed by atoms with Gasteiger partial charge in [-0.25, -0.2) is 0 Å². The van der Waals surface area contributed by atoms with Gasteiger partial charge in [0.1, 0.15) is 6.34 Å². The van der Waals surface area contributed by atoms with Crippen LogP contribution < -0.4 is 5.43 Å². The molecule has 0 radical (unpaired) electrons. The fraction of sp³-hybridized carbons (Fsp3) is 0.182. The number of aryl methyl sites for hydroxylation is 2. The molecule has 0 amide bonds. The van der Waals surface area contributed by atoms with Crippen LogP contribution >= 0.6 is 0 Å². The first-order chi connectivity index (χ1) is 12.8. The van der Waals surface area contributed by atoms with Gasteiger partial charge in [-0.1, -0.05) is 36.4 Å². The van der Waals surface area contributed by atoms with Gasteiger partial charge < -0.3 is 0 Å². The van der Waals surface area contributed by atoms with E-state index in [-0.39, 0.29) is 0 Å². The first kappa shape index (κ1) is 16.2. The Labute approximate surface area is 153 Å². The van der Waals surface area contributed by atoms with Gasteiger partial charge in [0.15, 0.2) is 0 Å². The van der Waals surface area contributed by atoms with Crippen molar-refractivity contribution < 1.29 is 0 Å². The number of hydrogen-bond acceptors (Lipinski definition) is 4. The van der Waals surface area contributed by atoms with Crippen molar-refractivity contribution in [3.8, 4) is 6.07 Å². The summed E-state index contributed by atoms with van der Waals surface area (Å²) in [5.74, 6) is 0. The second kappa shape index (κ2) is 7.28. The number of benzene rings is 3. The molecule has 4 rings (SSSR count). The van der Waals surface area contributed by atoms with Crippen molar-refractivity contribution in [3.05, 3.63) is 77.4 Å². The van der Waals surface area contributed by atoms with Gasteiger partial charge in [-0.15, -0.1) is 0 Å². The van der Waals surface area contributed by atoms with E-state index in [4.69, 9.17) is 5.26 Å². The molecule has 128 valence electrons. The van der Waals surface area contributed by atoms with Crippen LogP contribution in [0.5, 0.6) is 0 Å². The number of hydrogen-bond donors (Lipinski definition) is 1. The average Bonchev–Trinajstić information content (AvgIpc) is 3.20. The van der Waals surface area contributed by atoms with Gasteiger partial charge in [-0.2, -0.15) is 5.26 Å². The number of hydrazine groups is 1.